The van der Waals surface area contributed by atoms with Crippen LogP contribution >= 0.6 is 0 Å². The van der Waals surface area contributed by atoms with E-state index in [1.807, 2.05) is 0 Å². The summed E-state index contributed by atoms with van der Waals surface area (Å²) >= 11 is 0. The van der Waals surface area contributed by atoms with Crippen molar-refractivity contribution in [2.75, 3.05) is 6.54 Å². The molecule has 1 aliphatic heterocycles. The first-order chi connectivity index (χ1) is 9.52. The van der Waals surface area contributed by atoms with Gasteiger partial charge in [0, 0.05) is 12.6 Å². The fourth-order valence-corrected chi connectivity index (χ4v) is 3.42. The number of aliphatic hydroxyl groups is 1. The summed E-state index contributed by atoms with van der Waals surface area (Å²) in [5.74, 6) is -1.07. The van der Waals surface area contributed by atoms with Crippen molar-refractivity contribution in [3.05, 3.63) is 0 Å². The normalized spacial score (nSPS) is 31.4. The van der Waals surface area contributed by atoms with Crippen molar-refractivity contribution in [3.8, 4) is 0 Å². The number of hydrogen-bond donors (Lipinski definition) is 1. The summed E-state index contributed by atoms with van der Waals surface area (Å²) in [4.78, 5) is 26.4. The minimum Gasteiger partial charge on any atom is -0.382 e. The Balaban J connectivity index is 2.11. The molecule has 0 bridgehead atoms. The fraction of sp³-hybridized carbons (Fsp3) is 0.875. The van der Waals surface area contributed by atoms with Crippen molar-refractivity contribution in [2.24, 2.45) is 0 Å². The van der Waals surface area contributed by atoms with Gasteiger partial charge in [0.1, 0.15) is 5.60 Å². The molecule has 2 rings (SSSR count). The quantitative estimate of drug-likeness (QED) is 0.751. The van der Waals surface area contributed by atoms with Crippen LogP contribution in [0.5, 0.6) is 0 Å². The van der Waals surface area contributed by atoms with E-state index in [0.717, 1.165) is 38.5 Å². The Bertz CT molecular complexity index is 357. The van der Waals surface area contributed by atoms with Crippen molar-refractivity contribution in [3.63, 3.8) is 0 Å². The summed E-state index contributed by atoms with van der Waals surface area (Å²) in [6.07, 6.45) is 10.1. The third kappa shape index (κ3) is 3.60. The highest BCUT2D eigenvalue weighted by Gasteiger charge is 2.40. The number of rotatable bonds is 1. The SMILES string of the molecule is CC1(O)CCCCN(C2CCCCCCC2)C(=O)C1=O. The third-order valence-corrected chi connectivity index (χ3v) is 4.77. The lowest BCUT2D eigenvalue weighted by atomic mass is 9.89. The van der Waals surface area contributed by atoms with Crippen LogP contribution in [0.25, 0.3) is 0 Å². The standard InChI is InChI=1S/C16H27NO3/c1-16(20)11-7-8-12-17(15(19)14(16)18)13-9-5-3-2-4-6-10-13/h13,20H,2-12H2,1H3. The van der Waals surface area contributed by atoms with E-state index in [4.69, 9.17) is 0 Å². The molecule has 0 spiro atoms. The molecule has 1 amide bonds. The molecular formula is C16H27NO3. The van der Waals surface area contributed by atoms with Crippen LogP contribution in [0.2, 0.25) is 0 Å². The van der Waals surface area contributed by atoms with E-state index in [0.29, 0.717) is 13.0 Å². The van der Waals surface area contributed by atoms with E-state index in [9.17, 15) is 14.7 Å². The van der Waals surface area contributed by atoms with Gasteiger partial charge in [-0.25, -0.2) is 0 Å². The molecule has 1 heterocycles. The van der Waals surface area contributed by atoms with Crippen LogP contribution in [0.3, 0.4) is 0 Å². The van der Waals surface area contributed by atoms with Gasteiger partial charge >= 0.3 is 0 Å². The minimum absolute atomic E-state index is 0.195. The lowest BCUT2D eigenvalue weighted by molar-refractivity contribution is -0.157. The Morgan fingerprint density at radius 3 is 2.25 bits per heavy atom. The van der Waals surface area contributed by atoms with E-state index >= 15 is 0 Å². The zero-order valence-corrected chi connectivity index (χ0v) is 12.6. The van der Waals surface area contributed by atoms with Crippen LogP contribution < -0.4 is 0 Å². The second-order valence-electron chi connectivity index (χ2n) is 6.56. The van der Waals surface area contributed by atoms with Crippen LogP contribution in [0.15, 0.2) is 0 Å². The van der Waals surface area contributed by atoms with Crippen molar-refractivity contribution in [1.82, 2.24) is 4.90 Å². The van der Waals surface area contributed by atoms with Crippen molar-refractivity contribution in [2.45, 2.75) is 82.8 Å². The largest absolute Gasteiger partial charge is 0.382 e. The van der Waals surface area contributed by atoms with Gasteiger partial charge in [-0.2, -0.15) is 0 Å². The number of ketones is 1. The number of carbonyl (C=O) groups excluding carboxylic acids is 2. The summed E-state index contributed by atoms with van der Waals surface area (Å²) in [7, 11) is 0. The minimum atomic E-state index is -1.47. The Labute approximate surface area is 121 Å². The summed E-state index contributed by atoms with van der Waals surface area (Å²) in [5.41, 5.74) is -1.47. The van der Waals surface area contributed by atoms with Gasteiger partial charge in [-0.05, 0) is 39.0 Å². The van der Waals surface area contributed by atoms with Gasteiger partial charge in [0.25, 0.3) is 11.7 Å². The van der Waals surface area contributed by atoms with E-state index in [-0.39, 0.29) is 6.04 Å². The van der Waals surface area contributed by atoms with E-state index < -0.39 is 17.3 Å². The van der Waals surface area contributed by atoms with E-state index in [2.05, 4.69) is 0 Å². The zero-order valence-electron chi connectivity index (χ0n) is 12.6. The molecule has 1 atom stereocenters. The molecule has 114 valence electrons. The average Bonchev–Trinajstić information content (AvgIpc) is 2.37. The maximum Gasteiger partial charge on any atom is 0.293 e. The maximum atomic E-state index is 12.4. The molecule has 0 aromatic carbocycles. The fourth-order valence-electron chi connectivity index (χ4n) is 3.42. The first-order valence-corrected chi connectivity index (χ1v) is 8.10. The number of nitrogens with zero attached hydrogens (tertiary/aromatic N) is 1. The Hall–Kier alpha value is -0.900. The van der Waals surface area contributed by atoms with Crippen LogP contribution in [0.4, 0.5) is 0 Å². The van der Waals surface area contributed by atoms with Gasteiger partial charge in [0.15, 0.2) is 0 Å². The molecule has 4 nitrogen and oxygen atoms in total. The molecule has 0 aromatic heterocycles. The van der Waals surface area contributed by atoms with Gasteiger partial charge in [-0.1, -0.05) is 32.1 Å². The molecule has 1 saturated carbocycles. The van der Waals surface area contributed by atoms with Crippen molar-refractivity contribution < 1.29 is 14.7 Å². The topological polar surface area (TPSA) is 57.6 Å². The molecule has 1 N–H and O–H groups in total. The smallest absolute Gasteiger partial charge is 0.293 e. The highest BCUT2D eigenvalue weighted by Crippen LogP contribution is 2.26. The van der Waals surface area contributed by atoms with Crippen LogP contribution in [-0.4, -0.2) is 39.9 Å². The molecule has 2 aliphatic rings. The van der Waals surface area contributed by atoms with E-state index in [1.165, 1.54) is 26.2 Å². The molecule has 0 radical (unpaired) electrons. The zero-order chi connectivity index (χ0) is 14.6. The van der Waals surface area contributed by atoms with E-state index in [1.54, 1.807) is 4.90 Å². The first kappa shape index (κ1) is 15.5. The number of hydrogen-bond acceptors (Lipinski definition) is 3. The maximum absolute atomic E-state index is 12.4. The third-order valence-electron chi connectivity index (χ3n) is 4.77. The summed E-state index contributed by atoms with van der Waals surface area (Å²) in [6.45, 7) is 2.15. The molecule has 1 unspecified atom stereocenters. The second kappa shape index (κ2) is 6.70. The molecular weight excluding hydrogens is 254 g/mol. The predicted octanol–water partition coefficient (Wildman–Crippen LogP) is 2.43. The van der Waals surface area contributed by atoms with Crippen LogP contribution in [0, 0.1) is 0 Å². The lowest BCUT2D eigenvalue weighted by Gasteiger charge is -2.36. The van der Waals surface area contributed by atoms with Crippen LogP contribution in [-0.2, 0) is 9.59 Å². The Morgan fingerprint density at radius 1 is 1.00 bits per heavy atom. The molecule has 4 heteroatoms. The second-order valence-corrected chi connectivity index (χ2v) is 6.56. The molecule has 1 aliphatic carbocycles. The predicted molar refractivity (Wildman–Crippen MR) is 77.3 cm³/mol. The summed E-state index contributed by atoms with van der Waals surface area (Å²) in [6, 6.07) is 0.195. The van der Waals surface area contributed by atoms with Crippen LogP contribution in [0.1, 0.15) is 71.1 Å². The van der Waals surface area contributed by atoms with Crippen molar-refractivity contribution in [1.29, 1.82) is 0 Å². The number of amides is 1. The number of carbonyl (C=O) groups is 2. The van der Waals surface area contributed by atoms with Gasteiger partial charge in [0.2, 0.25) is 0 Å². The highest BCUT2D eigenvalue weighted by atomic mass is 16.3. The number of Topliss-reactive ketones (excluding diaryl/α,β-unsaturated/α-hetero) is 1. The van der Waals surface area contributed by atoms with Gasteiger partial charge in [-0.3, -0.25) is 9.59 Å². The van der Waals surface area contributed by atoms with Gasteiger partial charge < -0.3 is 10.0 Å². The van der Waals surface area contributed by atoms with Gasteiger partial charge in [0.05, 0.1) is 0 Å². The Kier molecular flexibility index (Phi) is 5.19. The average molecular weight is 281 g/mol. The summed E-state index contributed by atoms with van der Waals surface area (Å²) < 4.78 is 0. The molecule has 20 heavy (non-hydrogen) atoms. The van der Waals surface area contributed by atoms with Gasteiger partial charge in [-0.15, -0.1) is 0 Å². The molecule has 2 fully saturated rings. The molecule has 0 aromatic rings. The first-order valence-electron chi connectivity index (χ1n) is 8.10. The molecule has 1 saturated heterocycles. The number of likely N-dealkylation sites (tertiary alicyclic amines) is 1. The van der Waals surface area contributed by atoms with Crippen molar-refractivity contribution >= 4 is 11.7 Å². The lowest BCUT2D eigenvalue weighted by Crippen LogP contribution is -2.52. The highest BCUT2D eigenvalue weighted by molar-refractivity contribution is 6.39. The summed E-state index contributed by atoms with van der Waals surface area (Å²) in [5, 5.41) is 10.1. The monoisotopic (exact) mass is 281 g/mol. The Morgan fingerprint density at radius 2 is 1.60 bits per heavy atom.